The lowest BCUT2D eigenvalue weighted by atomic mass is 9.87. The number of sulfonamides is 1. The smallest absolute Gasteiger partial charge is 0.405 e. The van der Waals surface area contributed by atoms with Crippen molar-refractivity contribution in [3.63, 3.8) is 0 Å². The van der Waals surface area contributed by atoms with E-state index in [0.717, 1.165) is 6.26 Å². The van der Waals surface area contributed by atoms with E-state index in [2.05, 4.69) is 4.72 Å². The van der Waals surface area contributed by atoms with Crippen LogP contribution in [0, 0.1) is 6.92 Å². The molecule has 0 fully saturated rings. The number of carbonyl (C=O) groups excluding carboxylic acids is 1. The second-order valence-corrected chi connectivity index (χ2v) is 7.79. The summed E-state index contributed by atoms with van der Waals surface area (Å²) in [6.45, 7) is 4.93. The van der Waals surface area contributed by atoms with Crippen LogP contribution in [-0.4, -0.2) is 37.6 Å². The maximum absolute atomic E-state index is 11.4. The van der Waals surface area contributed by atoms with Crippen molar-refractivity contribution >= 4 is 21.8 Å². The fourth-order valence-corrected chi connectivity index (χ4v) is 3.11. The number of ether oxygens (including phenoxy) is 2. The molecule has 1 heterocycles. The molecule has 0 bridgehead atoms. The summed E-state index contributed by atoms with van der Waals surface area (Å²) >= 11 is 0. The number of anilines is 1. The third kappa shape index (κ3) is 3.50. The van der Waals surface area contributed by atoms with E-state index in [1.54, 1.807) is 20.8 Å². The van der Waals surface area contributed by atoms with Gasteiger partial charge in [-0.15, -0.1) is 0 Å². The maximum Gasteiger partial charge on any atom is 0.405 e. The number of aliphatic hydroxyl groups is 1. The molecular weight excluding hydrogens is 324 g/mol. The first-order chi connectivity index (χ1) is 10.4. The third-order valence-electron chi connectivity index (χ3n) is 3.65. The maximum atomic E-state index is 11.4. The fourth-order valence-electron chi connectivity index (χ4n) is 2.49. The molecule has 0 aromatic heterocycles. The van der Waals surface area contributed by atoms with Crippen LogP contribution in [0.1, 0.15) is 31.1 Å². The lowest BCUT2D eigenvalue weighted by Gasteiger charge is -2.42. The molecule has 0 spiro atoms. The average Bonchev–Trinajstić information content (AvgIpc) is 2.37. The predicted molar refractivity (Wildman–Crippen MR) is 83.8 cm³/mol. The molecular formula is C14H20N2O6S. The molecule has 1 aromatic carbocycles. The molecule has 2 rings (SSSR count). The number of fused-ring (bicyclic) bond motifs is 1. The molecule has 0 radical (unpaired) electrons. The van der Waals surface area contributed by atoms with Crippen molar-refractivity contribution in [3.05, 3.63) is 23.3 Å². The van der Waals surface area contributed by atoms with E-state index >= 15 is 0 Å². The van der Waals surface area contributed by atoms with Crippen molar-refractivity contribution < 1.29 is 27.8 Å². The van der Waals surface area contributed by atoms with Gasteiger partial charge in [0.25, 0.3) is 0 Å². The third-order valence-corrected chi connectivity index (χ3v) is 4.24. The molecule has 2 unspecified atom stereocenters. The average molecular weight is 344 g/mol. The number of amides is 1. The zero-order chi connectivity index (χ0) is 17.6. The van der Waals surface area contributed by atoms with E-state index in [1.807, 2.05) is 0 Å². The van der Waals surface area contributed by atoms with E-state index in [9.17, 15) is 18.3 Å². The number of hydrogen-bond acceptors (Lipinski definition) is 6. The summed E-state index contributed by atoms with van der Waals surface area (Å²) < 4.78 is 36.1. The number of carbonyl (C=O) groups is 1. The molecule has 1 aliphatic rings. The van der Waals surface area contributed by atoms with Gasteiger partial charge in [-0.25, -0.2) is 13.2 Å². The lowest BCUT2D eigenvalue weighted by molar-refractivity contribution is -0.113. The van der Waals surface area contributed by atoms with Crippen LogP contribution in [0.25, 0.3) is 0 Å². The van der Waals surface area contributed by atoms with E-state index < -0.39 is 33.9 Å². The molecule has 9 heteroatoms. The topological polar surface area (TPSA) is 128 Å². The zero-order valence-electron chi connectivity index (χ0n) is 13.3. The molecule has 1 aliphatic heterocycles. The molecule has 23 heavy (non-hydrogen) atoms. The summed E-state index contributed by atoms with van der Waals surface area (Å²) in [5, 5.41) is 10.4. The molecule has 0 saturated carbocycles. The fraction of sp³-hybridized carbons (Fsp3) is 0.500. The Morgan fingerprint density at radius 1 is 1.43 bits per heavy atom. The number of aliphatic hydroxyl groups excluding tert-OH is 1. The van der Waals surface area contributed by atoms with Gasteiger partial charge in [-0.3, -0.25) is 4.72 Å². The van der Waals surface area contributed by atoms with Gasteiger partial charge in [-0.2, -0.15) is 0 Å². The first-order valence-electron chi connectivity index (χ1n) is 6.87. The van der Waals surface area contributed by atoms with Gasteiger partial charge >= 0.3 is 6.09 Å². The Hall–Kier alpha value is -2.00. The number of primary amides is 1. The molecule has 4 N–H and O–H groups in total. The largest absolute Gasteiger partial charge is 0.484 e. The van der Waals surface area contributed by atoms with Gasteiger partial charge in [0.2, 0.25) is 10.0 Å². The predicted octanol–water partition coefficient (Wildman–Crippen LogP) is 1.03. The molecule has 2 atom stereocenters. The van der Waals surface area contributed by atoms with Crippen LogP contribution in [0.3, 0.4) is 0 Å². The molecule has 0 aliphatic carbocycles. The Balaban J connectivity index is 2.57. The van der Waals surface area contributed by atoms with E-state index in [-0.39, 0.29) is 0 Å². The molecule has 1 amide bonds. The highest BCUT2D eigenvalue weighted by Gasteiger charge is 2.45. The van der Waals surface area contributed by atoms with Crippen molar-refractivity contribution in [3.8, 4) is 5.75 Å². The van der Waals surface area contributed by atoms with Gasteiger partial charge in [-0.05, 0) is 32.9 Å². The molecule has 1 aromatic rings. The van der Waals surface area contributed by atoms with Gasteiger partial charge in [0.05, 0.1) is 11.9 Å². The SMILES string of the molecule is Cc1c(NS(C)(=O)=O)ccc2c1OC(C)(C)C(O)C2OC(N)=O. The summed E-state index contributed by atoms with van der Waals surface area (Å²) in [5.74, 6) is 0.347. The highest BCUT2D eigenvalue weighted by molar-refractivity contribution is 7.92. The van der Waals surface area contributed by atoms with Gasteiger partial charge in [0, 0.05) is 11.1 Å². The summed E-state index contributed by atoms with van der Waals surface area (Å²) in [6, 6.07) is 3.04. The van der Waals surface area contributed by atoms with E-state index in [0.29, 0.717) is 22.6 Å². The van der Waals surface area contributed by atoms with Crippen LogP contribution in [0.4, 0.5) is 10.5 Å². The van der Waals surface area contributed by atoms with Crippen molar-refractivity contribution in [1.82, 2.24) is 0 Å². The number of nitrogens with two attached hydrogens (primary N) is 1. The van der Waals surface area contributed by atoms with E-state index in [1.165, 1.54) is 12.1 Å². The van der Waals surface area contributed by atoms with Crippen LogP contribution in [-0.2, 0) is 14.8 Å². The minimum atomic E-state index is -3.46. The van der Waals surface area contributed by atoms with Crippen LogP contribution in [0.2, 0.25) is 0 Å². The Labute approximate surface area is 134 Å². The Bertz CT molecular complexity index is 744. The Morgan fingerprint density at radius 2 is 2.04 bits per heavy atom. The van der Waals surface area contributed by atoms with Crippen LogP contribution < -0.4 is 15.2 Å². The number of hydrogen-bond donors (Lipinski definition) is 3. The summed E-state index contributed by atoms with van der Waals surface area (Å²) in [7, 11) is -3.46. The van der Waals surface area contributed by atoms with Gasteiger partial charge in [0.15, 0.2) is 6.10 Å². The van der Waals surface area contributed by atoms with Gasteiger partial charge < -0.3 is 20.3 Å². The number of benzene rings is 1. The minimum absolute atomic E-state index is 0.344. The number of nitrogens with one attached hydrogen (secondary N) is 1. The zero-order valence-corrected chi connectivity index (χ0v) is 14.1. The molecule has 0 saturated heterocycles. The van der Waals surface area contributed by atoms with Crippen molar-refractivity contribution in [2.75, 3.05) is 11.0 Å². The van der Waals surface area contributed by atoms with Crippen molar-refractivity contribution in [2.45, 2.75) is 38.6 Å². The summed E-state index contributed by atoms with van der Waals surface area (Å²) in [4.78, 5) is 11.1. The monoisotopic (exact) mass is 344 g/mol. The standard InChI is InChI=1S/C14H20N2O6S/c1-7-9(16-23(4,19)20)6-5-8-10(7)22-14(2,3)12(17)11(8)21-13(15)18/h5-6,11-12,16-17H,1-4H3,(H2,15,18). The quantitative estimate of drug-likeness (QED) is 0.751. The highest BCUT2D eigenvalue weighted by Crippen LogP contribution is 2.45. The summed E-state index contributed by atoms with van der Waals surface area (Å²) in [6.07, 6.45) is -2.11. The molecule has 8 nitrogen and oxygen atoms in total. The Kier molecular flexibility index (Phi) is 4.20. The first kappa shape index (κ1) is 17.4. The minimum Gasteiger partial charge on any atom is -0.484 e. The normalized spacial score (nSPS) is 22.7. The van der Waals surface area contributed by atoms with Crippen molar-refractivity contribution in [1.29, 1.82) is 0 Å². The second-order valence-electron chi connectivity index (χ2n) is 6.04. The summed E-state index contributed by atoms with van der Waals surface area (Å²) in [5.41, 5.74) is 5.31. The van der Waals surface area contributed by atoms with Gasteiger partial charge in [0.1, 0.15) is 17.5 Å². The van der Waals surface area contributed by atoms with Crippen LogP contribution in [0.15, 0.2) is 12.1 Å². The van der Waals surface area contributed by atoms with E-state index in [4.69, 9.17) is 15.2 Å². The van der Waals surface area contributed by atoms with Gasteiger partial charge in [-0.1, -0.05) is 0 Å². The van der Waals surface area contributed by atoms with Crippen LogP contribution >= 0.6 is 0 Å². The van der Waals surface area contributed by atoms with Crippen molar-refractivity contribution in [2.24, 2.45) is 5.73 Å². The lowest BCUT2D eigenvalue weighted by Crippen LogP contribution is -2.50. The molecule has 128 valence electrons. The first-order valence-corrected chi connectivity index (χ1v) is 8.76. The Morgan fingerprint density at radius 3 is 2.57 bits per heavy atom. The number of rotatable bonds is 3. The highest BCUT2D eigenvalue weighted by atomic mass is 32.2. The van der Waals surface area contributed by atoms with Crippen LogP contribution in [0.5, 0.6) is 5.75 Å². The second kappa shape index (κ2) is 5.57.